The van der Waals surface area contributed by atoms with Crippen molar-refractivity contribution in [2.24, 2.45) is 0 Å². The van der Waals surface area contributed by atoms with Gasteiger partial charge in [0, 0.05) is 23.9 Å². The van der Waals surface area contributed by atoms with E-state index in [1.165, 1.54) is 48.1 Å². The third kappa shape index (κ3) is 13.0. The maximum Gasteiger partial charge on any atom is 0.335 e. The minimum absolute atomic E-state index is 0.148. The van der Waals surface area contributed by atoms with Gasteiger partial charge < -0.3 is 24.6 Å². The number of benzene rings is 3. The lowest BCUT2D eigenvalue weighted by molar-refractivity contribution is 0.0399. The van der Waals surface area contributed by atoms with Crippen molar-refractivity contribution < 1.29 is 28.9 Å². The summed E-state index contributed by atoms with van der Waals surface area (Å²) in [5.74, 6) is 0.0653. The molecule has 9 nitrogen and oxygen atoms in total. The maximum absolute atomic E-state index is 12.4. The quantitative estimate of drug-likeness (QED) is 0.0858. The van der Waals surface area contributed by atoms with E-state index in [0.29, 0.717) is 50.3 Å². The van der Waals surface area contributed by atoms with Gasteiger partial charge in [0.1, 0.15) is 17.4 Å². The molecule has 5 aromatic rings. The molecule has 0 aliphatic carbocycles. The highest BCUT2D eigenvalue weighted by Gasteiger charge is 2.12. The molecule has 0 saturated heterocycles. The zero-order valence-corrected chi connectivity index (χ0v) is 31.3. The van der Waals surface area contributed by atoms with Crippen molar-refractivity contribution in [2.45, 2.75) is 59.8 Å². The van der Waals surface area contributed by atoms with Gasteiger partial charge in [0.05, 0.1) is 30.3 Å². The first kappa shape index (κ1) is 39.9. The molecular weight excluding hydrogens is 675 g/mol. The smallest absolute Gasteiger partial charge is 0.335 e. The van der Waals surface area contributed by atoms with E-state index < -0.39 is 5.97 Å². The highest BCUT2D eigenvalue weighted by molar-refractivity contribution is 7.15. The summed E-state index contributed by atoms with van der Waals surface area (Å²) in [7, 11) is 0. The molecule has 1 amide bonds. The number of unbranched alkanes of at least 4 members (excludes halogenated alkanes) is 3. The van der Waals surface area contributed by atoms with Crippen LogP contribution in [0.4, 0.5) is 5.82 Å². The van der Waals surface area contributed by atoms with E-state index in [4.69, 9.17) is 19.3 Å². The molecule has 0 atom stereocenters. The predicted octanol–water partition coefficient (Wildman–Crippen LogP) is 9.68. The van der Waals surface area contributed by atoms with Crippen molar-refractivity contribution in [1.29, 1.82) is 0 Å². The lowest BCUT2D eigenvalue weighted by Crippen LogP contribution is -2.12. The highest BCUT2D eigenvalue weighted by Crippen LogP contribution is 2.32. The van der Waals surface area contributed by atoms with Gasteiger partial charge >= 0.3 is 5.97 Å². The molecule has 3 aromatic carbocycles. The topological polar surface area (TPSA) is 120 Å². The van der Waals surface area contributed by atoms with Crippen molar-refractivity contribution in [3.05, 3.63) is 118 Å². The van der Waals surface area contributed by atoms with E-state index in [-0.39, 0.29) is 11.5 Å². The van der Waals surface area contributed by atoms with Gasteiger partial charge in [-0.15, -0.1) is 11.3 Å². The van der Waals surface area contributed by atoms with E-state index in [2.05, 4.69) is 46.5 Å². The maximum atomic E-state index is 12.4. The molecule has 0 radical (unpaired) electrons. The minimum atomic E-state index is -0.940. The largest absolute Gasteiger partial charge is 0.478 e. The first-order chi connectivity index (χ1) is 25.3. The van der Waals surface area contributed by atoms with Gasteiger partial charge in [0.25, 0.3) is 5.91 Å². The average Bonchev–Trinajstić information content (AvgIpc) is 3.54. The number of carbonyl (C=O) groups is 2. The van der Waals surface area contributed by atoms with Crippen LogP contribution < -0.4 is 10.1 Å². The molecule has 2 N–H and O–H groups in total. The van der Waals surface area contributed by atoms with Crippen LogP contribution in [0.2, 0.25) is 0 Å². The Bertz CT molecular complexity index is 1810. The number of rotatable bonds is 18. The van der Waals surface area contributed by atoms with Gasteiger partial charge in [-0.05, 0) is 86.2 Å². The SMILES string of the molecule is CCCCCCc1ccc(-c2ccc(C(=O)Nc3ccc(C)cn3)cc2)cc1.CCOCCOCCOc1nc(-c2ccc(C(=O)O)cc2)sc1C. The number of hydrogen-bond acceptors (Lipinski definition) is 8. The molecule has 0 fully saturated rings. The molecule has 0 aliphatic rings. The Balaban J connectivity index is 0.000000236. The Morgan fingerprint density at radius 2 is 1.37 bits per heavy atom. The van der Waals surface area contributed by atoms with E-state index in [9.17, 15) is 9.59 Å². The highest BCUT2D eigenvalue weighted by atomic mass is 32.1. The molecule has 0 bridgehead atoms. The molecule has 0 aliphatic heterocycles. The number of aromatic carboxylic acids is 1. The van der Waals surface area contributed by atoms with Gasteiger partial charge in [-0.1, -0.05) is 80.8 Å². The number of anilines is 1. The third-order valence-corrected chi connectivity index (χ3v) is 9.08. The minimum Gasteiger partial charge on any atom is -0.478 e. The molecule has 52 heavy (non-hydrogen) atoms. The van der Waals surface area contributed by atoms with E-state index >= 15 is 0 Å². The average molecular weight is 724 g/mol. The monoisotopic (exact) mass is 723 g/mol. The number of carbonyl (C=O) groups excluding carboxylic acids is 1. The van der Waals surface area contributed by atoms with E-state index in [1.807, 2.05) is 57.2 Å². The number of pyridine rings is 1. The number of thiazole rings is 1. The number of nitrogens with one attached hydrogen (secondary N) is 1. The molecular formula is C42H49N3O6S. The molecule has 10 heteroatoms. The number of nitrogens with zero attached hydrogens (tertiary/aromatic N) is 2. The molecule has 2 heterocycles. The summed E-state index contributed by atoms with van der Waals surface area (Å²) in [6, 6.07) is 26.9. The summed E-state index contributed by atoms with van der Waals surface area (Å²) in [6.45, 7) is 10.8. The van der Waals surface area contributed by atoms with Crippen molar-refractivity contribution in [3.8, 4) is 27.6 Å². The molecule has 2 aromatic heterocycles. The van der Waals surface area contributed by atoms with Gasteiger partial charge in [-0.3, -0.25) is 4.79 Å². The first-order valence-corrected chi connectivity index (χ1v) is 18.6. The summed E-state index contributed by atoms with van der Waals surface area (Å²) in [5, 5.41) is 12.6. The van der Waals surface area contributed by atoms with Crippen LogP contribution in [0.1, 0.15) is 76.3 Å². The van der Waals surface area contributed by atoms with Gasteiger partial charge in [-0.25, -0.2) is 14.8 Å². The number of carboxylic acid groups (broad SMARTS) is 1. The van der Waals surface area contributed by atoms with Gasteiger partial charge in [0.2, 0.25) is 5.88 Å². The molecule has 0 saturated carbocycles. The fourth-order valence-corrected chi connectivity index (χ4v) is 5.99. The second-order valence-electron chi connectivity index (χ2n) is 12.2. The molecule has 5 rings (SSSR count). The van der Waals surface area contributed by atoms with Crippen LogP contribution in [0.25, 0.3) is 21.7 Å². The molecule has 274 valence electrons. The van der Waals surface area contributed by atoms with Gasteiger partial charge in [-0.2, -0.15) is 0 Å². The standard InChI is InChI=1S/C25H28N2O.C17H21NO5S/c1-3-4-5-6-7-20-9-11-21(12-10-20)22-13-15-23(16-14-22)25(28)27-24-17-8-19(2)18-26-24;1-3-21-8-9-22-10-11-23-15-12(2)24-16(18-15)13-4-6-14(7-5-13)17(19)20/h8-18H,3-7H2,1-2H3,(H,26,27,28);4-7H,3,8-11H2,1-2H3,(H,19,20). The van der Waals surface area contributed by atoms with Crippen LogP contribution in [0, 0.1) is 13.8 Å². The Morgan fingerprint density at radius 3 is 2.00 bits per heavy atom. The summed E-state index contributed by atoms with van der Waals surface area (Å²) in [5.41, 5.74) is 6.49. The normalized spacial score (nSPS) is 10.7. The van der Waals surface area contributed by atoms with Crippen LogP contribution in [0.3, 0.4) is 0 Å². The first-order valence-electron chi connectivity index (χ1n) is 17.8. The lowest BCUT2D eigenvalue weighted by Gasteiger charge is -2.07. The lowest BCUT2D eigenvalue weighted by atomic mass is 10.00. The van der Waals surface area contributed by atoms with Crippen LogP contribution in [-0.4, -0.2) is 60.0 Å². The fraction of sp³-hybridized carbons (Fsp3) is 0.333. The van der Waals surface area contributed by atoms with Crippen molar-refractivity contribution in [2.75, 3.05) is 38.4 Å². The Kier molecular flexibility index (Phi) is 16.5. The number of ether oxygens (including phenoxy) is 3. The predicted molar refractivity (Wildman–Crippen MR) is 209 cm³/mol. The van der Waals surface area contributed by atoms with E-state index in [0.717, 1.165) is 33.0 Å². The van der Waals surface area contributed by atoms with Crippen molar-refractivity contribution in [3.63, 3.8) is 0 Å². The van der Waals surface area contributed by atoms with Crippen molar-refractivity contribution in [1.82, 2.24) is 9.97 Å². The van der Waals surface area contributed by atoms with Crippen molar-refractivity contribution >= 4 is 29.0 Å². The zero-order chi connectivity index (χ0) is 37.1. The molecule has 0 spiro atoms. The number of carboxylic acids is 1. The zero-order valence-electron chi connectivity index (χ0n) is 30.5. The fourth-order valence-electron chi connectivity index (χ4n) is 5.12. The van der Waals surface area contributed by atoms with Crippen LogP contribution in [0.5, 0.6) is 5.88 Å². The van der Waals surface area contributed by atoms with E-state index in [1.54, 1.807) is 30.5 Å². The molecule has 0 unspecified atom stereocenters. The van der Waals surface area contributed by atoms with Crippen LogP contribution in [0.15, 0.2) is 91.1 Å². The van der Waals surface area contributed by atoms with Gasteiger partial charge in [0.15, 0.2) is 0 Å². The Labute approximate surface area is 311 Å². The Morgan fingerprint density at radius 1 is 0.731 bits per heavy atom. The second kappa shape index (κ2) is 21.5. The summed E-state index contributed by atoms with van der Waals surface area (Å²) >= 11 is 1.51. The number of hydrogen-bond donors (Lipinski definition) is 2. The van der Waals surface area contributed by atoms with Crippen LogP contribution in [-0.2, 0) is 15.9 Å². The third-order valence-electron chi connectivity index (χ3n) is 8.08. The number of amides is 1. The Hall–Kier alpha value is -4.90. The van der Waals surface area contributed by atoms with Crippen LogP contribution >= 0.6 is 11.3 Å². The second-order valence-corrected chi connectivity index (χ2v) is 13.4. The summed E-state index contributed by atoms with van der Waals surface area (Å²) in [6.07, 6.45) is 8.04. The number of aryl methyl sites for hydroxylation is 3. The summed E-state index contributed by atoms with van der Waals surface area (Å²) in [4.78, 5) is 32.9. The number of aromatic nitrogens is 2. The summed E-state index contributed by atoms with van der Waals surface area (Å²) < 4.78 is 16.2.